The van der Waals surface area contributed by atoms with Crippen molar-refractivity contribution in [1.29, 1.82) is 0 Å². The SMILES string of the molecule is CO/N=C/c1ccc(COc2cccc(C3CCNCC3)n2)c(F)c1. The van der Waals surface area contributed by atoms with Gasteiger partial charge in [-0.15, -0.1) is 0 Å². The van der Waals surface area contributed by atoms with Crippen LogP contribution in [0.1, 0.15) is 35.6 Å². The second-order valence-electron chi connectivity index (χ2n) is 5.98. The van der Waals surface area contributed by atoms with E-state index in [1.54, 1.807) is 12.1 Å². The van der Waals surface area contributed by atoms with Gasteiger partial charge >= 0.3 is 0 Å². The molecule has 132 valence electrons. The van der Waals surface area contributed by atoms with E-state index < -0.39 is 0 Å². The largest absolute Gasteiger partial charge is 0.473 e. The van der Waals surface area contributed by atoms with E-state index in [9.17, 15) is 4.39 Å². The Morgan fingerprint density at radius 2 is 2.12 bits per heavy atom. The number of nitrogens with zero attached hydrogens (tertiary/aromatic N) is 2. The predicted octanol–water partition coefficient (Wildman–Crippen LogP) is 3.25. The van der Waals surface area contributed by atoms with E-state index >= 15 is 0 Å². The Hall–Kier alpha value is -2.47. The molecule has 1 aromatic carbocycles. The molecule has 1 saturated heterocycles. The maximum Gasteiger partial charge on any atom is 0.213 e. The van der Waals surface area contributed by atoms with Gasteiger partial charge in [-0.2, -0.15) is 0 Å². The highest BCUT2D eigenvalue weighted by molar-refractivity contribution is 5.79. The van der Waals surface area contributed by atoms with Crippen molar-refractivity contribution in [2.75, 3.05) is 20.2 Å². The number of hydrogen-bond donors (Lipinski definition) is 1. The minimum atomic E-state index is -0.338. The highest BCUT2D eigenvalue weighted by Crippen LogP contribution is 2.25. The third-order valence-corrected chi connectivity index (χ3v) is 4.26. The van der Waals surface area contributed by atoms with Gasteiger partial charge in [0.1, 0.15) is 19.5 Å². The molecule has 6 heteroatoms. The summed E-state index contributed by atoms with van der Waals surface area (Å²) in [6.45, 7) is 2.17. The van der Waals surface area contributed by atoms with Crippen molar-refractivity contribution in [2.45, 2.75) is 25.4 Å². The Labute approximate surface area is 146 Å². The summed E-state index contributed by atoms with van der Waals surface area (Å²) in [4.78, 5) is 9.18. The van der Waals surface area contributed by atoms with Gasteiger partial charge < -0.3 is 14.9 Å². The molecular formula is C19H22FN3O2. The molecule has 0 saturated carbocycles. The second-order valence-corrected chi connectivity index (χ2v) is 5.98. The van der Waals surface area contributed by atoms with E-state index in [1.165, 1.54) is 19.4 Å². The first-order valence-corrected chi connectivity index (χ1v) is 8.41. The summed E-state index contributed by atoms with van der Waals surface area (Å²) in [6, 6.07) is 10.6. The van der Waals surface area contributed by atoms with E-state index in [0.29, 0.717) is 22.9 Å². The Morgan fingerprint density at radius 1 is 1.28 bits per heavy atom. The zero-order valence-electron chi connectivity index (χ0n) is 14.2. The van der Waals surface area contributed by atoms with Gasteiger partial charge in [0.25, 0.3) is 0 Å². The topological polar surface area (TPSA) is 55.7 Å². The third-order valence-electron chi connectivity index (χ3n) is 4.26. The van der Waals surface area contributed by atoms with Crippen molar-refractivity contribution in [3.8, 4) is 5.88 Å². The first kappa shape index (κ1) is 17.4. The molecule has 0 radical (unpaired) electrons. The van der Waals surface area contributed by atoms with Gasteiger partial charge in [-0.1, -0.05) is 23.4 Å². The normalized spacial score (nSPS) is 15.4. The number of benzene rings is 1. The van der Waals surface area contributed by atoms with Crippen LogP contribution in [0.15, 0.2) is 41.6 Å². The summed E-state index contributed by atoms with van der Waals surface area (Å²) in [7, 11) is 1.44. The monoisotopic (exact) mass is 343 g/mol. The molecule has 1 aromatic heterocycles. The number of ether oxygens (including phenoxy) is 1. The van der Waals surface area contributed by atoms with Crippen molar-refractivity contribution >= 4 is 6.21 Å². The van der Waals surface area contributed by atoms with Crippen LogP contribution in [-0.4, -0.2) is 31.4 Å². The Bertz CT molecular complexity index is 730. The van der Waals surface area contributed by atoms with Crippen LogP contribution in [0.4, 0.5) is 4.39 Å². The number of pyridine rings is 1. The van der Waals surface area contributed by atoms with Gasteiger partial charge in [0.2, 0.25) is 5.88 Å². The molecule has 25 heavy (non-hydrogen) atoms. The zero-order valence-corrected chi connectivity index (χ0v) is 14.2. The van der Waals surface area contributed by atoms with E-state index in [0.717, 1.165) is 31.6 Å². The summed E-state index contributed by atoms with van der Waals surface area (Å²) < 4.78 is 19.8. The van der Waals surface area contributed by atoms with Crippen molar-refractivity contribution in [3.05, 3.63) is 59.0 Å². The quantitative estimate of drug-likeness (QED) is 0.646. The number of piperidine rings is 1. The standard InChI is InChI=1S/C19H22FN3O2/c1-24-22-12-14-5-6-16(17(20)11-14)13-25-19-4-2-3-18(23-19)15-7-9-21-10-8-15/h2-6,11-12,15,21H,7-10,13H2,1H3/b22-12+. The lowest BCUT2D eigenvalue weighted by atomic mass is 9.94. The molecule has 2 heterocycles. The molecule has 1 fully saturated rings. The second kappa shape index (κ2) is 8.58. The summed E-state index contributed by atoms with van der Waals surface area (Å²) >= 11 is 0. The molecule has 0 bridgehead atoms. The third kappa shape index (κ3) is 4.76. The first-order chi connectivity index (χ1) is 12.3. The van der Waals surface area contributed by atoms with Crippen LogP contribution in [0.5, 0.6) is 5.88 Å². The Balaban J connectivity index is 1.64. The maximum atomic E-state index is 14.1. The number of hydrogen-bond acceptors (Lipinski definition) is 5. The van der Waals surface area contributed by atoms with E-state index in [-0.39, 0.29) is 12.4 Å². The lowest BCUT2D eigenvalue weighted by Crippen LogP contribution is -2.27. The molecule has 5 nitrogen and oxygen atoms in total. The number of oxime groups is 1. The van der Waals surface area contributed by atoms with E-state index in [4.69, 9.17) is 4.74 Å². The summed E-state index contributed by atoms with van der Waals surface area (Å²) in [5.41, 5.74) is 2.16. The van der Waals surface area contributed by atoms with Crippen LogP contribution in [0.3, 0.4) is 0 Å². The lowest BCUT2D eigenvalue weighted by Gasteiger charge is -2.22. The minimum Gasteiger partial charge on any atom is -0.473 e. The number of halogens is 1. The fourth-order valence-corrected chi connectivity index (χ4v) is 2.88. The molecular weight excluding hydrogens is 321 g/mol. The fourth-order valence-electron chi connectivity index (χ4n) is 2.88. The molecule has 3 rings (SSSR count). The summed E-state index contributed by atoms with van der Waals surface area (Å²) in [5.74, 6) is 0.649. The van der Waals surface area contributed by atoms with Crippen LogP contribution in [0, 0.1) is 5.82 Å². The molecule has 0 unspecified atom stereocenters. The van der Waals surface area contributed by atoms with Crippen molar-refractivity contribution in [1.82, 2.24) is 10.3 Å². The maximum absolute atomic E-state index is 14.1. The van der Waals surface area contributed by atoms with E-state index in [2.05, 4.69) is 20.3 Å². The summed E-state index contributed by atoms with van der Waals surface area (Å²) in [6.07, 6.45) is 3.61. The smallest absolute Gasteiger partial charge is 0.213 e. The van der Waals surface area contributed by atoms with E-state index in [1.807, 2.05) is 18.2 Å². The van der Waals surface area contributed by atoms with Gasteiger partial charge in [-0.3, -0.25) is 0 Å². The molecule has 0 atom stereocenters. The average Bonchev–Trinajstić information content (AvgIpc) is 2.66. The number of nitrogens with one attached hydrogen (secondary N) is 1. The van der Waals surface area contributed by atoms with Gasteiger partial charge in [-0.05, 0) is 43.6 Å². The molecule has 1 aliphatic rings. The Morgan fingerprint density at radius 3 is 2.88 bits per heavy atom. The highest BCUT2D eigenvalue weighted by atomic mass is 19.1. The molecule has 0 amide bonds. The molecule has 0 aliphatic carbocycles. The van der Waals surface area contributed by atoms with Crippen molar-refractivity contribution < 1.29 is 14.0 Å². The van der Waals surface area contributed by atoms with Crippen LogP contribution in [-0.2, 0) is 11.4 Å². The van der Waals surface area contributed by atoms with Crippen molar-refractivity contribution in [3.63, 3.8) is 0 Å². The summed E-state index contributed by atoms with van der Waals surface area (Å²) in [5, 5.41) is 6.97. The number of rotatable bonds is 6. The molecule has 0 spiro atoms. The van der Waals surface area contributed by atoms with Crippen LogP contribution < -0.4 is 10.1 Å². The van der Waals surface area contributed by atoms with Gasteiger partial charge in [0.15, 0.2) is 0 Å². The lowest BCUT2D eigenvalue weighted by molar-refractivity contribution is 0.215. The molecule has 2 aromatic rings. The Kier molecular flexibility index (Phi) is 5.95. The predicted molar refractivity (Wildman–Crippen MR) is 94.4 cm³/mol. The molecule has 1 aliphatic heterocycles. The van der Waals surface area contributed by atoms with Crippen molar-refractivity contribution in [2.24, 2.45) is 5.16 Å². The minimum absolute atomic E-state index is 0.135. The van der Waals surface area contributed by atoms with Gasteiger partial charge in [0.05, 0.1) is 6.21 Å². The van der Waals surface area contributed by atoms with Crippen LogP contribution in [0.25, 0.3) is 0 Å². The highest BCUT2D eigenvalue weighted by Gasteiger charge is 2.16. The molecule has 1 N–H and O–H groups in total. The fraction of sp³-hybridized carbons (Fsp3) is 0.368. The van der Waals surface area contributed by atoms with Gasteiger partial charge in [0, 0.05) is 23.2 Å². The average molecular weight is 343 g/mol. The first-order valence-electron chi connectivity index (χ1n) is 8.41. The zero-order chi connectivity index (χ0) is 17.5. The van der Waals surface area contributed by atoms with Crippen LogP contribution >= 0.6 is 0 Å². The van der Waals surface area contributed by atoms with Gasteiger partial charge in [-0.25, -0.2) is 9.37 Å². The number of aromatic nitrogens is 1. The van der Waals surface area contributed by atoms with Crippen LogP contribution in [0.2, 0.25) is 0 Å².